The van der Waals surface area contributed by atoms with Gasteiger partial charge in [0, 0.05) is 30.4 Å². The van der Waals surface area contributed by atoms with Crippen LogP contribution in [0.2, 0.25) is 0 Å². The number of sulfonamides is 1. The number of hydrogen-bond donors (Lipinski definition) is 1. The number of carbonyl (C=O) groups is 1. The summed E-state index contributed by atoms with van der Waals surface area (Å²) in [5.41, 5.74) is -0.592. The van der Waals surface area contributed by atoms with E-state index in [1.165, 1.54) is 38.4 Å². The number of ether oxygens (including phenoxy) is 2. The Bertz CT molecular complexity index is 1710. The number of hydrogen-bond acceptors (Lipinski definition) is 8. The van der Waals surface area contributed by atoms with Crippen molar-refractivity contribution in [3.8, 4) is 22.6 Å². The van der Waals surface area contributed by atoms with E-state index in [9.17, 15) is 30.8 Å². The van der Waals surface area contributed by atoms with E-state index < -0.39 is 39.7 Å². The zero-order valence-corrected chi connectivity index (χ0v) is 22.5. The van der Waals surface area contributed by atoms with Crippen LogP contribution in [0.15, 0.2) is 71.9 Å². The fourth-order valence-corrected chi connectivity index (χ4v) is 4.68. The lowest BCUT2D eigenvalue weighted by Gasteiger charge is -2.24. The van der Waals surface area contributed by atoms with E-state index in [0.717, 1.165) is 35.4 Å². The fourth-order valence-electron chi connectivity index (χ4n) is 3.74. The molecule has 0 unspecified atom stereocenters. The van der Waals surface area contributed by atoms with Crippen LogP contribution >= 0.6 is 0 Å². The summed E-state index contributed by atoms with van der Waals surface area (Å²) in [5, 5.41) is 7.24. The summed E-state index contributed by atoms with van der Waals surface area (Å²) in [5.74, 6) is -4.29. The summed E-state index contributed by atoms with van der Waals surface area (Å²) >= 11 is 0. The maximum atomic E-state index is 15.4. The van der Waals surface area contributed by atoms with Crippen LogP contribution < -0.4 is 19.1 Å². The molecule has 1 amide bonds. The van der Waals surface area contributed by atoms with E-state index >= 15 is 4.39 Å². The van der Waals surface area contributed by atoms with Crippen molar-refractivity contribution in [3.05, 3.63) is 78.6 Å². The van der Waals surface area contributed by atoms with Crippen molar-refractivity contribution in [3.63, 3.8) is 0 Å². The van der Waals surface area contributed by atoms with E-state index in [4.69, 9.17) is 4.74 Å². The highest BCUT2D eigenvalue weighted by Crippen LogP contribution is 2.40. The number of benzene rings is 2. The Morgan fingerprint density at radius 1 is 1.02 bits per heavy atom. The molecule has 10 nitrogen and oxygen atoms in total. The normalized spacial score (nSPS) is 11.6. The number of anilines is 3. The molecular weight excluding hydrogens is 589 g/mol. The average molecular weight is 610 g/mol. The lowest BCUT2D eigenvalue weighted by molar-refractivity contribution is -0.275. The van der Waals surface area contributed by atoms with E-state index in [1.54, 1.807) is 0 Å². The van der Waals surface area contributed by atoms with Crippen LogP contribution in [0.25, 0.3) is 11.1 Å². The molecule has 0 saturated carbocycles. The topological polar surface area (TPSA) is 124 Å². The van der Waals surface area contributed by atoms with Crippen molar-refractivity contribution in [1.82, 2.24) is 15.2 Å². The molecule has 4 aromatic rings. The second-order valence-electron chi connectivity index (χ2n) is 8.35. The highest BCUT2D eigenvalue weighted by Gasteiger charge is 2.33. The van der Waals surface area contributed by atoms with Crippen molar-refractivity contribution >= 4 is 33.3 Å². The van der Waals surface area contributed by atoms with Gasteiger partial charge in [0.25, 0.3) is 10.0 Å². The van der Waals surface area contributed by atoms with Crippen molar-refractivity contribution in [1.29, 1.82) is 0 Å². The average Bonchev–Trinajstić information content (AvgIpc) is 2.94. The SMILES string of the molecule is CCC(=O)N(c1ccc(S(=O)(=O)Nc2cccnn2)cn1)c1cc(F)c(-c2ccc(F)c(OC(F)(F)F)c2)cc1OC. The zero-order chi connectivity index (χ0) is 30.7. The van der Waals surface area contributed by atoms with Crippen LogP contribution in [0.1, 0.15) is 13.3 Å². The van der Waals surface area contributed by atoms with Gasteiger partial charge in [0.1, 0.15) is 22.3 Å². The summed E-state index contributed by atoms with van der Waals surface area (Å²) in [6.07, 6.45) is -2.94. The molecule has 0 radical (unpaired) electrons. The molecule has 0 bridgehead atoms. The maximum Gasteiger partial charge on any atom is 0.573 e. The van der Waals surface area contributed by atoms with Gasteiger partial charge in [-0.1, -0.05) is 13.0 Å². The molecule has 0 aliphatic carbocycles. The second kappa shape index (κ2) is 11.9. The predicted molar refractivity (Wildman–Crippen MR) is 140 cm³/mol. The molecule has 220 valence electrons. The Labute approximate surface area is 235 Å². The van der Waals surface area contributed by atoms with Gasteiger partial charge < -0.3 is 9.47 Å². The van der Waals surface area contributed by atoms with Gasteiger partial charge in [-0.2, -0.15) is 5.10 Å². The smallest absolute Gasteiger partial charge is 0.495 e. The molecule has 2 heterocycles. The summed E-state index contributed by atoms with van der Waals surface area (Å²) in [6, 6.07) is 9.62. The van der Waals surface area contributed by atoms with Gasteiger partial charge in [-0.3, -0.25) is 14.4 Å². The van der Waals surface area contributed by atoms with Crippen molar-refractivity contribution in [2.75, 3.05) is 16.7 Å². The Morgan fingerprint density at radius 3 is 2.38 bits per heavy atom. The number of methoxy groups -OCH3 is 1. The first-order chi connectivity index (χ1) is 19.8. The van der Waals surface area contributed by atoms with Gasteiger partial charge in [0.15, 0.2) is 17.4 Å². The number of nitrogens with zero attached hydrogens (tertiary/aromatic N) is 4. The van der Waals surface area contributed by atoms with Crippen molar-refractivity contribution in [2.24, 2.45) is 0 Å². The first-order valence-corrected chi connectivity index (χ1v) is 13.3. The van der Waals surface area contributed by atoms with E-state index in [1.807, 2.05) is 0 Å². The maximum absolute atomic E-state index is 15.4. The Hall–Kier alpha value is -4.86. The largest absolute Gasteiger partial charge is 0.573 e. The van der Waals surface area contributed by atoms with Crippen LogP contribution in [0.3, 0.4) is 0 Å². The van der Waals surface area contributed by atoms with Crippen LogP contribution in [-0.2, 0) is 14.8 Å². The lowest BCUT2D eigenvalue weighted by Crippen LogP contribution is -2.26. The number of amides is 1. The molecule has 0 aliphatic rings. The summed E-state index contributed by atoms with van der Waals surface area (Å²) in [4.78, 5) is 17.8. The molecule has 0 spiro atoms. The molecule has 0 saturated heterocycles. The second-order valence-corrected chi connectivity index (χ2v) is 10.0. The van der Waals surface area contributed by atoms with Crippen molar-refractivity contribution < 1.29 is 44.6 Å². The molecule has 0 fully saturated rings. The quantitative estimate of drug-likeness (QED) is 0.243. The van der Waals surface area contributed by atoms with Gasteiger partial charge in [-0.15, -0.1) is 18.3 Å². The number of carbonyl (C=O) groups excluding carboxylic acids is 1. The molecule has 2 aromatic heterocycles. The lowest BCUT2D eigenvalue weighted by atomic mass is 10.0. The van der Waals surface area contributed by atoms with Crippen LogP contribution in [0, 0.1) is 11.6 Å². The van der Waals surface area contributed by atoms with Crippen LogP contribution in [0.5, 0.6) is 11.5 Å². The van der Waals surface area contributed by atoms with Gasteiger partial charge in [-0.25, -0.2) is 22.2 Å². The molecule has 0 aliphatic heterocycles. The predicted octanol–water partition coefficient (Wildman–Crippen LogP) is 5.60. The molecule has 42 heavy (non-hydrogen) atoms. The summed E-state index contributed by atoms with van der Waals surface area (Å²) in [7, 11) is -2.92. The number of halogens is 5. The van der Waals surface area contributed by atoms with Gasteiger partial charge in [0.2, 0.25) is 5.91 Å². The highest BCUT2D eigenvalue weighted by atomic mass is 32.2. The molecular formula is C26H20F5N5O5S. The minimum atomic E-state index is -5.19. The van der Waals surface area contributed by atoms with E-state index in [2.05, 4.69) is 24.6 Å². The van der Waals surface area contributed by atoms with Crippen molar-refractivity contribution in [2.45, 2.75) is 24.6 Å². The Balaban J connectivity index is 1.73. The van der Waals surface area contributed by atoms with Gasteiger partial charge >= 0.3 is 6.36 Å². The highest BCUT2D eigenvalue weighted by molar-refractivity contribution is 7.92. The zero-order valence-electron chi connectivity index (χ0n) is 21.7. The third kappa shape index (κ3) is 6.71. The first kappa shape index (κ1) is 30.1. The Morgan fingerprint density at radius 2 is 1.79 bits per heavy atom. The number of pyridine rings is 1. The van der Waals surface area contributed by atoms with E-state index in [-0.39, 0.29) is 45.5 Å². The monoisotopic (exact) mass is 609 g/mol. The third-order valence-corrected chi connectivity index (χ3v) is 6.94. The minimum Gasteiger partial charge on any atom is -0.495 e. The molecule has 16 heteroatoms. The Kier molecular flexibility index (Phi) is 8.56. The molecule has 1 N–H and O–H groups in total. The first-order valence-electron chi connectivity index (χ1n) is 11.9. The number of nitrogens with one attached hydrogen (secondary N) is 1. The summed E-state index contributed by atoms with van der Waals surface area (Å²) in [6.45, 7) is 1.52. The van der Waals surface area contributed by atoms with Gasteiger partial charge in [-0.05, 0) is 48.0 Å². The molecule has 4 rings (SSSR count). The van der Waals surface area contributed by atoms with E-state index in [0.29, 0.717) is 12.1 Å². The van der Waals surface area contributed by atoms with Crippen LogP contribution in [0.4, 0.5) is 39.3 Å². The minimum absolute atomic E-state index is 0.0390. The molecule has 2 aromatic carbocycles. The van der Waals surface area contributed by atoms with Gasteiger partial charge in [0.05, 0.1) is 12.8 Å². The van der Waals surface area contributed by atoms with Crippen LogP contribution in [-0.4, -0.2) is 43.0 Å². The molecule has 0 atom stereocenters. The number of alkyl halides is 3. The summed E-state index contributed by atoms with van der Waals surface area (Å²) < 4.78 is 104. The fraction of sp³-hybridized carbons (Fsp3) is 0.154. The number of rotatable bonds is 9. The number of aromatic nitrogens is 3. The third-order valence-electron chi connectivity index (χ3n) is 5.60. The standard InChI is InChI=1S/C26H20F5N5O5S/c1-3-25(37)36(24-9-7-16(14-32-24)42(38,39)35-23-5-4-10-33-34-23)20-13-19(28)17(12-22(20)40-2)15-6-8-18(27)21(11-15)41-26(29,30)31/h4-14H,3H2,1-2H3,(H,34,35).